The van der Waals surface area contributed by atoms with Gasteiger partial charge in [0, 0.05) is 15.7 Å². The lowest BCUT2D eigenvalue weighted by atomic mass is 9.76. The largest absolute Gasteiger partial charge is 0.372 e. The van der Waals surface area contributed by atoms with Gasteiger partial charge in [-0.1, -0.05) is 25.2 Å². The first-order valence-corrected chi connectivity index (χ1v) is 8.38. The third-order valence-electron chi connectivity index (χ3n) is 4.79. The maximum absolute atomic E-state index is 11.0. The van der Waals surface area contributed by atoms with Crippen molar-refractivity contribution in [1.82, 2.24) is 0 Å². The summed E-state index contributed by atoms with van der Waals surface area (Å²) in [6, 6.07) is 2.20. The number of fused-ring (bicyclic) bond motifs is 1. The second kappa shape index (κ2) is 5.31. The van der Waals surface area contributed by atoms with Crippen LogP contribution in [-0.4, -0.2) is 5.11 Å². The molecule has 0 amide bonds. The third-order valence-corrected chi connectivity index (χ3v) is 6.15. The minimum absolute atomic E-state index is 0.256. The zero-order valence-electron chi connectivity index (χ0n) is 11.5. The van der Waals surface area contributed by atoms with Crippen LogP contribution in [-0.2, 0) is 18.4 Å². The van der Waals surface area contributed by atoms with Crippen molar-refractivity contribution in [2.75, 3.05) is 0 Å². The van der Waals surface area contributed by atoms with E-state index in [1.807, 2.05) is 0 Å². The first-order valence-electron chi connectivity index (χ1n) is 7.56. The predicted octanol–water partition coefficient (Wildman–Crippen LogP) is 4.03. The second-order valence-corrected chi connectivity index (χ2v) is 7.15. The van der Waals surface area contributed by atoms with Crippen molar-refractivity contribution in [3.8, 4) is 12.3 Å². The summed E-state index contributed by atoms with van der Waals surface area (Å²) in [5.74, 6) is 3.00. The zero-order chi connectivity index (χ0) is 13.3. The fourth-order valence-corrected chi connectivity index (χ4v) is 4.98. The summed E-state index contributed by atoms with van der Waals surface area (Å²) in [5, 5.41) is 11.0. The summed E-state index contributed by atoms with van der Waals surface area (Å²) >= 11 is 1.77. The molecule has 3 rings (SSSR count). The van der Waals surface area contributed by atoms with Gasteiger partial charge >= 0.3 is 0 Å². The smallest absolute Gasteiger partial charge is 0.162 e. The third kappa shape index (κ3) is 2.35. The molecule has 19 heavy (non-hydrogen) atoms. The van der Waals surface area contributed by atoms with Crippen molar-refractivity contribution < 1.29 is 5.11 Å². The minimum atomic E-state index is -1.01. The number of hydrogen-bond donors (Lipinski definition) is 1. The number of rotatable bonds is 2. The van der Waals surface area contributed by atoms with Crippen LogP contribution in [0.3, 0.4) is 0 Å². The summed E-state index contributed by atoms with van der Waals surface area (Å²) in [6.45, 7) is 0. The lowest BCUT2D eigenvalue weighted by Gasteiger charge is -2.33. The molecule has 1 fully saturated rings. The van der Waals surface area contributed by atoms with Gasteiger partial charge in [-0.2, -0.15) is 0 Å². The molecule has 0 aromatic carbocycles. The minimum Gasteiger partial charge on any atom is -0.372 e. The Labute approximate surface area is 120 Å². The molecule has 102 valence electrons. The van der Waals surface area contributed by atoms with Crippen LogP contribution >= 0.6 is 11.3 Å². The Kier molecular flexibility index (Phi) is 3.69. The van der Waals surface area contributed by atoms with Crippen molar-refractivity contribution in [2.24, 2.45) is 5.92 Å². The molecule has 1 unspecified atom stereocenters. The molecule has 1 heterocycles. The fourth-order valence-electron chi connectivity index (χ4n) is 3.59. The van der Waals surface area contributed by atoms with Gasteiger partial charge in [-0.3, -0.25) is 0 Å². The number of thiophene rings is 1. The van der Waals surface area contributed by atoms with Crippen LogP contribution in [0.5, 0.6) is 0 Å². The van der Waals surface area contributed by atoms with Crippen LogP contribution in [0.4, 0.5) is 0 Å². The molecule has 1 aromatic rings. The summed E-state index contributed by atoms with van der Waals surface area (Å²) in [7, 11) is 0. The molecule has 1 N–H and O–H groups in total. The molecule has 0 saturated heterocycles. The molecule has 1 saturated carbocycles. The molecule has 1 nitrogen and oxygen atoms in total. The Balaban J connectivity index is 1.92. The van der Waals surface area contributed by atoms with Crippen molar-refractivity contribution in [2.45, 2.75) is 63.4 Å². The molecule has 0 aliphatic heterocycles. The van der Waals surface area contributed by atoms with Gasteiger partial charge < -0.3 is 5.11 Å². The topological polar surface area (TPSA) is 20.2 Å². The van der Waals surface area contributed by atoms with E-state index in [0.717, 1.165) is 24.1 Å². The summed E-state index contributed by atoms with van der Waals surface area (Å²) in [5.41, 5.74) is 0.429. The first kappa shape index (κ1) is 13.2. The zero-order valence-corrected chi connectivity index (χ0v) is 12.3. The van der Waals surface area contributed by atoms with E-state index in [9.17, 15) is 5.11 Å². The lowest BCUT2D eigenvalue weighted by Crippen LogP contribution is -2.34. The van der Waals surface area contributed by atoms with Crippen molar-refractivity contribution in [3.63, 3.8) is 0 Å². The first-order chi connectivity index (χ1) is 9.24. The molecule has 2 aliphatic rings. The Morgan fingerprint density at radius 2 is 1.89 bits per heavy atom. The van der Waals surface area contributed by atoms with E-state index in [-0.39, 0.29) is 5.92 Å². The molecular formula is C17H22OS. The van der Waals surface area contributed by atoms with Gasteiger partial charge in [0.1, 0.15) is 0 Å². The summed E-state index contributed by atoms with van der Waals surface area (Å²) < 4.78 is 0. The normalized spacial score (nSPS) is 23.4. The Morgan fingerprint density at radius 3 is 2.58 bits per heavy atom. The number of hydrogen-bond acceptors (Lipinski definition) is 2. The maximum Gasteiger partial charge on any atom is 0.162 e. The quantitative estimate of drug-likeness (QED) is 0.807. The Morgan fingerprint density at radius 1 is 1.16 bits per heavy atom. The van der Waals surface area contributed by atoms with Crippen LogP contribution in [0.25, 0.3) is 0 Å². The second-order valence-electron chi connectivity index (χ2n) is 6.01. The molecule has 0 bridgehead atoms. The highest BCUT2D eigenvalue weighted by Crippen LogP contribution is 2.43. The molecular weight excluding hydrogens is 252 g/mol. The van der Waals surface area contributed by atoms with Crippen LogP contribution in [0.2, 0.25) is 0 Å². The molecule has 1 aromatic heterocycles. The van der Waals surface area contributed by atoms with E-state index in [1.54, 1.807) is 11.3 Å². The van der Waals surface area contributed by atoms with Gasteiger partial charge in [-0.25, -0.2) is 0 Å². The monoisotopic (exact) mass is 274 g/mol. The fraction of sp³-hybridized carbons (Fsp3) is 0.647. The van der Waals surface area contributed by atoms with Gasteiger partial charge in [-0.15, -0.1) is 17.8 Å². The number of aliphatic hydroxyl groups is 1. The predicted molar refractivity (Wildman–Crippen MR) is 80.3 cm³/mol. The van der Waals surface area contributed by atoms with Gasteiger partial charge in [0.15, 0.2) is 5.60 Å². The maximum atomic E-state index is 11.0. The van der Waals surface area contributed by atoms with E-state index in [0.29, 0.717) is 0 Å². The number of terminal acetylenes is 1. The SMILES string of the molecule is C#CC(O)(c1cc2c(s1)CCCC2)C1CCCCC1. The molecule has 0 spiro atoms. The van der Waals surface area contributed by atoms with Crippen molar-refractivity contribution >= 4 is 11.3 Å². The van der Waals surface area contributed by atoms with Gasteiger partial charge in [0.05, 0.1) is 0 Å². The van der Waals surface area contributed by atoms with Crippen LogP contribution < -0.4 is 0 Å². The Hall–Kier alpha value is -0.780. The van der Waals surface area contributed by atoms with Crippen molar-refractivity contribution in [1.29, 1.82) is 0 Å². The van der Waals surface area contributed by atoms with E-state index in [1.165, 1.54) is 49.0 Å². The van der Waals surface area contributed by atoms with Gasteiger partial charge in [0.2, 0.25) is 0 Å². The van der Waals surface area contributed by atoms with Crippen molar-refractivity contribution in [3.05, 3.63) is 21.4 Å². The van der Waals surface area contributed by atoms with Crippen LogP contribution in [0.1, 0.15) is 60.3 Å². The summed E-state index contributed by atoms with van der Waals surface area (Å²) in [4.78, 5) is 2.50. The standard InChI is InChI=1S/C17H22OS/c1-2-17(18,14-9-4-3-5-10-14)16-12-13-8-6-7-11-15(13)19-16/h1,12,14,18H,3-11H2. The van der Waals surface area contributed by atoms with E-state index >= 15 is 0 Å². The summed E-state index contributed by atoms with van der Waals surface area (Å²) in [6.07, 6.45) is 16.5. The number of aryl methyl sites for hydroxylation is 2. The molecule has 2 aliphatic carbocycles. The van der Waals surface area contributed by atoms with E-state index in [4.69, 9.17) is 6.42 Å². The highest BCUT2D eigenvalue weighted by molar-refractivity contribution is 7.12. The Bertz CT molecular complexity index is 466. The average Bonchev–Trinajstić information content (AvgIpc) is 2.92. The van der Waals surface area contributed by atoms with Crippen LogP contribution in [0.15, 0.2) is 6.07 Å². The molecule has 0 radical (unpaired) electrons. The highest BCUT2D eigenvalue weighted by Gasteiger charge is 2.39. The highest BCUT2D eigenvalue weighted by atomic mass is 32.1. The van der Waals surface area contributed by atoms with E-state index < -0.39 is 5.60 Å². The van der Waals surface area contributed by atoms with E-state index in [2.05, 4.69) is 12.0 Å². The van der Waals surface area contributed by atoms with Gasteiger partial charge in [0.25, 0.3) is 0 Å². The average molecular weight is 274 g/mol. The lowest BCUT2D eigenvalue weighted by molar-refractivity contribution is 0.0193. The molecule has 2 heteroatoms. The molecule has 1 atom stereocenters. The van der Waals surface area contributed by atoms with Gasteiger partial charge in [-0.05, 0) is 50.2 Å². The van der Waals surface area contributed by atoms with Crippen LogP contribution in [0, 0.1) is 18.3 Å².